The standard InChI is InChI=1S/C7H11NS2/c1-4-7(5(2)9)10-6(3)8-4/h5,9H,1-3H3. The Hall–Kier alpha value is -0.0200. The van der Waals surface area contributed by atoms with Gasteiger partial charge in [-0.05, 0) is 20.8 Å². The number of thiazole rings is 1. The molecule has 0 saturated carbocycles. The summed E-state index contributed by atoms with van der Waals surface area (Å²) in [7, 11) is 0. The summed E-state index contributed by atoms with van der Waals surface area (Å²) in [6.07, 6.45) is 0. The van der Waals surface area contributed by atoms with Gasteiger partial charge in [0.05, 0.1) is 10.7 Å². The molecule has 0 fully saturated rings. The summed E-state index contributed by atoms with van der Waals surface area (Å²) < 4.78 is 0. The summed E-state index contributed by atoms with van der Waals surface area (Å²) in [4.78, 5) is 5.59. The van der Waals surface area contributed by atoms with Crippen molar-refractivity contribution in [1.82, 2.24) is 4.98 Å². The van der Waals surface area contributed by atoms with E-state index < -0.39 is 0 Å². The van der Waals surface area contributed by atoms with E-state index in [1.54, 1.807) is 11.3 Å². The lowest BCUT2D eigenvalue weighted by Gasteiger charge is -1.98. The van der Waals surface area contributed by atoms with E-state index in [9.17, 15) is 0 Å². The molecule has 0 aliphatic heterocycles. The van der Waals surface area contributed by atoms with Crippen LogP contribution in [0.3, 0.4) is 0 Å². The van der Waals surface area contributed by atoms with E-state index in [2.05, 4.69) is 24.5 Å². The normalized spacial score (nSPS) is 13.6. The highest BCUT2D eigenvalue weighted by molar-refractivity contribution is 7.80. The van der Waals surface area contributed by atoms with Crippen molar-refractivity contribution in [2.24, 2.45) is 0 Å². The maximum Gasteiger partial charge on any atom is 0.0900 e. The summed E-state index contributed by atoms with van der Waals surface area (Å²) in [5.41, 5.74) is 1.13. The molecule has 10 heavy (non-hydrogen) atoms. The summed E-state index contributed by atoms with van der Waals surface area (Å²) in [6, 6.07) is 0. The van der Waals surface area contributed by atoms with Crippen molar-refractivity contribution in [1.29, 1.82) is 0 Å². The topological polar surface area (TPSA) is 12.9 Å². The first-order chi connectivity index (χ1) is 4.61. The van der Waals surface area contributed by atoms with Gasteiger partial charge in [-0.15, -0.1) is 11.3 Å². The van der Waals surface area contributed by atoms with E-state index >= 15 is 0 Å². The number of nitrogens with zero attached hydrogens (tertiary/aromatic N) is 1. The minimum Gasteiger partial charge on any atom is -0.247 e. The molecular weight excluding hydrogens is 162 g/mol. The Morgan fingerprint density at radius 3 is 2.30 bits per heavy atom. The molecule has 0 bridgehead atoms. The molecule has 0 aromatic carbocycles. The third-order valence-corrected chi connectivity index (χ3v) is 3.01. The lowest BCUT2D eigenvalue weighted by molar-refractivity contribution is 1.08. The monoisotopic (exact) mass is 173 g/mol. The average molecular weight is 173 g/mol. The highest BCUT2D eigenvalue weighted by atomic mass is 32.1. The molecule has 0 radical (unpaired) electrons. The smallest absolute Gasteiger partial charge is 0.0900 e. The lowest BCUT2D eigenvalue weighted by atomic mass is 10.3. The Morgan fingerprint density at radius 2 is 2.10 bits per heavy atom. The molecule has 0 aliphatic carbocycles. The Kier molecular flexibility index (Phi) is 2.36. The third-order valence-electron chi connectivity index (χ3n) is 1.32. The van der Waals surface area contributed by atoms with Crippen LogP contribution < -0.4 is 0 Å². The zero-order chi connectivity index (χ0) is 7.72. The van der Waals surface area contributed by atoms with Gasteiger partial charge in [0.25, 0.3) is 0 Å². The minimum atomic E-state index is 0.325. The molecule has 0 amide bonds. The van der Waals surface area contributed by atoms with E-state index in [1.165, 1.54) is 4.88 Å². The van der Waals surface area contributed by atoms with Crippen LogP contribution in [0.15, 0.2) is 0 Å². The molecule has 1 aromatic rings. The Balaban J connectivity index is 3.03. The SMILES string of the molecule is Cc1nc(C)c(C(C)S)s1. The molecule has 0 spiro atoms. The molecule has 3 heteroatoms. The van der Waals surface area contributed by atoms with Crippen LogP contribution in [0, 0.1) is 13.8 Å². The van der Waals surface area contributed by atoms with Gasteiger partial charge in [0, 0.05) is 10.1 Å². The fourth-order valence-electron chi connectivity index (χ4n) is 0.935. The van der Waals surface area contributed by atoms with E-state index in [0.717, 1.165) is 10.7 Å². The molecule has 1 nitrogen and oxygen atoms in total. The molecule has 1 heterocycles. The van der Waals surface area contributed by atoms with Crippen LogP contribution >= 0.6 is 24.0 Å². The molecule has 1 aromatic heterocycles. The van der Waals surface area contributed by atoms with Gasteiger partial charge in [-0.1, -0.05) is 0 Å². The number of thiol groups is 1. The predicted octanol–water partition coefficient (Wildman–Crippen LogP) is 2.75. The van der Waals surface area contributed by atoms with Crippen LogP contribution in [0.4, 0.5) is 0 Å². The first-order valence-electron chi connectivity index (χ1n) is 3.23. The number of hydrogen-bond donors (Lipinski definition) is 1. The van der Waals surface area contributed by atoms with Crippen LogP contribution in [0.5, 0.6) is 0 Å². The Bertz CT molecular complexity index is 228. The zero-order valence-corrected chi connectivity index (χ0v) is 8.09. The van der Waals surface area contributed by atoms with Crippen molar-refractivity contribution in [2.45, 2.75) is 26.0 Å². The predicted molar refractivity (Wildman–Crippen MR) is 49.0 cm³/mol. The third kappa shape index (κ3) is 1.52. The summed E-state index contributed by atoms with van der Waals surface area (Å²) in [5.74, 6) is 0. The quantitative estimate of drug-likeness (QED) is 0.644. The van der Waals surface area contributed by atoms with Crippen LogP contribution in [-0.2, 0) is 0 Å². The molecule has 1 atom stereocenters. The fourth-order valence-corrected chi connectivity index (χ4v) is 2.14. The van der Waals surface area contributed by atoms with Gasteiger partial charge >= 0.3 is 0 Å². The number of aromatic nitrogens is 1. The van der Waals surface area contributed by atoms with Gasteiger partial charge in [0.1, 0.15) is 0 Å². The van der Waals surface area contributed by atoms with Crippen molar-refractivity contribution in [3.05, 3.63) is 15.6 Å². The van der Waals surface area contributed by atoms with E-state index in [0.29, 0.717) is 5.25 Å². The van der Waals surface area contributed by atoms with Crippen molar-refractivity contribution in [3.63, 3.8) is 0 Å². The molecule has 0 saturated heterocycles. The van der Waals surface area contributed by atoms with Crippen molar-refractivity contribution in [2.75, 3.05) is 0 Å². The molecular formula is C7H11NS2. The van der Waals surface area contributed by atoms with Gasteiger partial charge in [-0.25, -0.2) is 4.98 Å². The van der Waals surface area contributed by atoms with Gasteiger partial charge in [0.15, 0.2) is 0 Å². The number of aryl methyl sites for hydroxylation is 2. The van der Waals surface area contributed by atoms with Crippen LogP contribution in [-0.4, -0.2) is 4.98 Å². The lowest BCUT2D eigenvalue weighted by Crippen LogP contribution is -1.82. The maximum atomic E-state index is 4.34. The molecule has 0 N–H and O–H groups in total. The number of rotatable bonds is 1. The van der Waals surface area contributed by atoms with Gasteiger partial charge < -0.3 is 0 Å². The van der Waals surface area contributed by atoms with Gasteiger partial charge in [0.2, 0.25) is 0 Å². The molecule has 1 rings (SSSR count). The first-order valence-corrected chi connectivity index (χ1v) is 4.56. The van der Waals surface area contributed by atoms with Crippen LogP contribution in [0.25, 0.3) is 0 Å². The fraction of sp³-hybridized carbons (Fsp3) is 0.571. The second-order valence-corrected chi connectivity index (χ2v) is 4.37. The molecule has 0 aliphatic rings. The van der Waals surface area contributed by atoms with Crippen molar-refractivity contribution >= 4 is 24.0 Å². The first kappa shape index (κ1) is 8.08. The highest BCUT2D eigenvalue weighted by Gasteiger charge is 2.07. The van der Waals surface area contributed by atoms with Crippen molar-refractivity contribution in [3.8, 4) is 0 Å². The molecule has 1 unspecified atom stereocenters. The van der Waals surface area contributed by atoms with Crippen molar-refractivity contribution < 1.29 is 0 Å². The average Bonchev–Trinajstić information content (AvgIpc) is 2.10. The highest BCUT2D eigenvalue weighted by Crippen LogP contribution is 2.27. The second-order valence-electron chi connectivity index (χ2n) is 2.36. The summed E-state index contributed by atoms with van der Waals surface area (Å²) >= 11 is 6.08. The van der Waals surface area contributed by atoms with Gasteiger partial charge in [-0.3, -0.25) is 0 Å². The Labute approximate surface area is 70.9 Å². The minimum absolute atomic E-state index is 0.325. The Morgan fingerprint density at radius 1 is 1.50 bits per heavy atom. The maximum absolute atomic E-state index is 4.34. The van der Waals surface area contributed by atoms with Gasteiger partial charge in [-0.2, -0.15) is 12.6 Å². The summed E-state index contributed by atoms with van der Waals surface area (Å²) in [5, 5.41) is 1.46. The van der Waals surface area contributed by atoms with E-state index in [1.807, 2.05) is 13.8 Å². The van der Waals surface area contributed by atoms with E-state index in [4.69, 9.17) is 0 Å². The number of hydrogen-bond acceptors (Lipinski definition) is 3. The largest absolute Gasteiger partial charge is 0.247 e. The van der Waals surface area contributed by atoms with Crippen LogP contribution in [0.2, 0.25) is 0 Å². The summed E-state index contributed by atoms with van der Waals surface area (Å²) in [6.45, 7) is 6.13. The second kappa shape index (κ2) is 2.93. The van der Waals surface area contributed by atoms with Crippen LogP contribution in [0.1, 0.15) is 27.8 Å². The molecule has 56 valence electrons. The zero-order valence-electron chi connectivity index (χ0n) is 6.38. The van der Waals surface area contributed by atoms with E-state index in [-0.39, 0.29) is 0 Å².